The number of azo groups is 1. The van der Waals surface area contributed by atoms with Crippen LogP contribution >= 0.6 is 0 Å². The number of ether oxygens (including phenoxy) is 2. The van der Waals surface area contributed by atoms with Gasteiger partial charge in [-0.05, 0) is 30.3 Å². The van der Waals surface area contributed by atoms with Crippen molar-refractivity contribution in [1.82, 2.24) is 9.78 Å². The van der Waals surface area contributed by atoms with Crippen molar-refractivity contribution in [2.45, 2.75) is 4.90 Å². The second-order valence-electron chi connectivity index (χ2n) is 6.05. The molecule has 0 saturated carbocycles. The maximum absolute atomic E-state index is 12.6. The Bertz CT molecular complexity index is 1310. The van der Waals surface area contributed by atoms with Crippen molar-refractivity contribution in [3.63, 3.8) is 0 Å². The predicted octanol–water partition coefficient (Wildman–Crippen LogP) is -0.614. The van der Waals surface area contributed by atoms with Gasteiger partial charge in [0.25, 0.3) is 5.56 Å². The molecule has 32 heavy (non-hydrogen) atoms. The van der Waals surface area contributed by atoms with Crippen LogP contribution in [-0.4, -0.2) is 43.1 Å². The van der Waals surface area contributed by atoms with Crippen molar-refractivity contribution < 1.29 is 52.0 Å². The molecule has 11 nitrogen and oxygen atoms in total. The molecule has 0 aliphatic rings. The van der Waals surface area contributed by atoms with Gasteiger partial charge in [-0.15, -0.1) is 5.11 Å². The molecule has 0 aliphatic carbocycles. The molecule has 0 fully saturated rings. The Morgan fingerprint density at radius 1 is 1.16 bits per heavy atom. The Hall–Kier alpha value is -2.79. The standard InChI is InChI=1S/C19H17N5O6S.Na/c1-29-9-10-30-16-8-7-13(11-17(16)31(26,27)28)21-22-18-15(12-20)23-24(19(18)25)14-5-3-2-4-6-14;/h2-8,11,23H,9-10H2,1H3,(H,26,27,28);/q;+1/p-1. The van der Waals surface area contributed by atoms with Crippen LogP contribution in [0.1, 0.15) is 5.69 Å². The van der Waals surface area contributed by atoms with E-state index in [1.807, 2.05) is 6.07 Å². The van der Waals surface area contributed by atoms with E-state index >= 15 is 0 Å². The molecule has 1 aromatic heterocycles. The summed E-state index contributed by atoms with van der Waals surface area (Å²) in [6.45, 7) is 0.228. The number of benzene rings is 2. The first-order valence-corrected chi connectivity index (χ1v) is 10.2. The average molecular weight is 465 g/mol. The average Bonchev–Trinajstić information content (AvgIpc) is 3.08. The molecule has 0 atom stereocenters. The molecule has 3 rings (SSSR count). The van der Waals surface area contributed by atoms with E-state index in [0.29, 0.717) is 5.69 Å². The molecule has 1 N–H and O–H groups in total. The van der Waals surface area contributed by atoms with Crippen molar-refractivity contribution >= 4 is 21.5 Å². The largest absolute Gasteiger partial charge is 1.00 e. The second kappa shape index (κ2) is 11.2. The number of aromatic nitrogens is 2. The molecule has 2 aromatic carbocycles. The maximum Gasteiger partial charge on any atom is 1.00 e. The minimum atomic E-state index is -4.87. The molecule has 0 spiro atoms. The number of hydrogen-bond donors (Lipinski definition) is 1. The van der Waals surface area contributed by atoms with Crippen LogP contribution in [0.4, 0.5) is 11.4 Å². The fourth-order valence-electron chi connectivity index (χ4n) is 2.57. The Labute approximate surface area is 205 Å². The second-order valence-corrected chi connectivity index (χ2v) is 7.40. The number of hydrogen-bond acceptors (Lipinski definition) is 9. The SMILES string of the molecule is COCCOc1ccc(N=Nc2c(C#N)[nH]n(-c3ccccc3)c2=O)cc1S(=O)(=O)[O-].[Na+]. The van der Waals surface area contributed by atoms with Gasteiger partial charge in [0, 0.05) is 7.11 Å². The van der Waals surface area contributed by atoms with Gasteiger partial charge in [0.2, 0.25) is 0 Å². The third-order valence-corrected chi connectivity index (χ3v) is 4.86. The maximum atomic E-state index is 12.6. The fourth-order valence-corrected chi connectivity index (χ4v) is 3.21. The molecule has 0 unspecified atom stereocenters. The van der Waals surface area contributed by atoms with Gasteiger partial charge in [0.1, 0.15) is 28.5 Å². The number of para-hydroxylation sites is 1. The summed E-state index contributed by atoms with van der Waals surface area (Å²) in [6, 6.07) is 13.9. The van der Waals surface area contributed by atoms with E-state index in [9.17, 15) is 23.0 Å². The van der Waals surface area contributed by atoms with Crippen LogP contribution in [0, 0.1) is 11.3 Å². The van der Waals surface area contributed by atoms with Gasteiger partial charge in [-0.3, -0.25) is 9.89 Å². The molecule has 0 radical (unpaired) electrons. The normalized spacial score (nSPS) is 11.2. The van der Waals surface area contributed by atoms with E-state index in [2.05, 4.69) is 15.3 Å². The molecule has 0 bridgehead atoms. The van der Waals surface area contributed by atoms with Gasteiger partial charge in [0.15, 0.2) is 11.4 Å². The van der Waals surface area contributed by atoms with Crippen LogP contribution < -0.4 is 39.9 Å². The van der Waals surface area contributed by atoms with Crippen molar-refractivity contribution in [1.29, 1.82) is 5.26 Å². The van der Waals surface area contributed by atoms with Crippen molar-refractivity contribution in [2.24, 2.45) is 10.2 Å². The number of nitrogens with one attached hydrogen (secondary N) is 1. The summed E-state index contributed by atoms with van der Waals surface area (Å²) in [5.41, 5.74) is -0.554. The van der Waals surface area contributed by atoms with E-state index in [1.54, 1.807) is 30.3 Å². The quantitative estimate of drug-likeness (QED) is 0.201. The van der Waals surface area contributed by atoms with Crippen molar-refractivity contribution in [3.05, 3.63) is 64.6 Å². The number of H-pyrrole nitrogens is 1. The molecule has 0 aliphatic heterocycles. The van der Waals surface area contributed by atoms with Crippen molar-refractivity contribution in [3.8, 4) is 17.5 Å². The van der Waals surface area contributed by atoms with Gasteiger partial charge in [0.05, 0.1) is 22.9 Å². The van der Waals surface area contributed by atoms with Crippen molar-refractivity contribution in [2.75, 3.05) is 20.3 Å². The summed E-state index contributed by atoms with van der Waals surface area (Å²) in [6.07, 6.45) is 0. The van der Waals surface area contributed by atoms with Crippen LogP contribution in [0.3, 0.4) is 0 Å². The zero-order valence-corrected chi connectivity index (χ0v) is 20.0. The van der Waals surface area contributed by atoms with Crippen LogP contribution in [0.15, 0.2) is 68.4 Å². The molecule has 0 saturated heterocycles. The molecular formula is C19H16N5NaO6S. The smallest absolute Gasteiger partial charge is 0.744 e. The third kappa shape index (κ3) is 5.92. The summed E-state index contributed by atoms with van der Waals surface area (Å²) in [5, 5.41) is 19.6. The third-order valence-electron chi connectivity index (χ3n) is 4.00. The monoisotopic (exact) mass is 465 g/mol. The Balaban J connectivity index is 0.00000363. The summed E-state index contributed by atoms with van der Waals surface area (Å²) in [5.74, 6) is -0.156. The van der Waals surface area contributed by atoms with Crippen LogP contribution in [0.2, 0.25) is 0 Å². The van der Waals surface area contributed by atoms with E-state index in [1.165, 1.54) is 19.2 Å². The summed E-state index contributed by atoms with van der Waals surface area (Å²) >= 11 is 0. The van der Waals surface area contributed by atoms with Crippen LogP contribution in [0.5, 0.6) is 5.75 Å². The van der Waals surface area contributed by atoms with Gasteiger partial charge >= 0.3 is 29.6 Å². The molecule has 160 valence electrons. The number of nitriles is 1. The number of nitrogens with zero attached hydrogens (tertiary/aromatic N) is 4. The zero-order chi connectivity index (χ0) is 22.4. The summed E-state index contributed by atoms with van der Waals surface area (Å²) in [7, 11) is -3.43. The van der Waals surface area contributed by atoms with E-state index in [4.69, 9.17) is 9.47 Å². The first kappa shape index (κ1) is 25.5. The Kier molecular flexibility index (Phi) is 8.90. The summed E-state index contributed by atoms with van der Waals surface area (Å²) < 4.78 is 46.0. The van der Waals surface area contributed by atoms with Gasteiger partial charge < -0.3 is 14.0 Å². The van der Waals surface area contributed by atoms with E-state index < -0.39 is 20.6 Å². The molecule has 0 amide bonds. The Morgan fingerprint density at radius 3 is 2.50 bits per heavy atom. The van der Waals surface area contributed by atoms with Crippen LogP contribution in [-0.2, 0) is 14.9 Å². The van der Waals surface area contributed by atoms with Gasteiger partial charge in [-0.25, -0.2) is 13.1 Å². The molecule has 1 heterocycles. The summed E-state index contributed by atoms with van der Waals surface area (Å²) in [4.78, 5) is 12.0. The first-order valence-electron chi connectivity index (χ1n) is 8.79. The van der Waals surface area contributed by atoms with Gasteiger partial charge in [-0.2, -0.15) is 10.4 Å². The minimum Gasteiger partial charge on any atom is -0.744 e. The molecule has 13 heteroatoms. The topological polar surface area (TPSA) is 162 Å². The predicted molar refractivity (Wildman–Crippen MR) is 107 cm³/mol. The van der Waals surface area contributed by atoms with E-state index in [-0.39, 0.29) is 65.6 Å². The van der Waals surface area contributed by atoms with Gasteiger partial charge in [-0.1, -0.05) is 18.2 Å². The fraction of sp³-hybridized carbons (Fsp3) is 0.158. The Morgan fingerprint density at radius 2 is 1.88 bits per heavy atom. The number of methoxy groups -OCH3 is 1. The zero-order valence-electron chi connectivity index (χ0n) is 17.2. The minimum absolute atomic E-state index is 0. The number of aromatic amines is 1. The number of rotatable bonds is 8. The van der Waals surface area contributed by atoms with E-state index in [0.717, 1.165) is 10.7 Å². The molecule has 3 aromatic rings. The first-order chi connectivity index (χ1) is 14.8. The van der Waals surface area contributed by atoms with Crippen LogP contribution in [0.25, 0.3) is 5.69 Å². The molecular weight excluding hydrogens is 449 g/mol.